The molecule has 4 nitrogen and oxygen atoms in total. The molecule has 0 radical (unpaired) electrons. The van der Waals surface area contributed by atoms with Crippen molar-refractivity contribution < 1.29 is 9.59 Å². The zero-order valence-corrected chi connectivity index (χ0v) is 12.7. The van der Waals surface area contributed by atoms with Crippen LogP contribution in [-0.2, 0) is 9.59 Å². The number of amides is 2. The topological polar surface area (TPSA) is 49.4 Å². The van der Waals surface area contributed by atoms with Crippen molar-refractivity contribution in [1.82, 2.24) is 0 Å². The van der Waals surface area contributed by atoms with Crippen molar-refractivity contribution >= 4 is 23.2 Å². The zero-order valence-electron chi connectivity index (χ0n) is 12.7. The number of nitrogens with one attached hydrogen (secondary N) is 1. The summed E-state index contributed by atoms with van der Waals surface area (Å²) in [6.07, 6.45) is 7.47. The number of anilines is 2. The highest BCUT2D eigenvalue weighted by molar-refractivity contribution is 6.09. The predicted octanol–water partition coefficient (Wildman–Crippen LogP) is 3.72. The first-order chi connectivity index (χ1) is 10.2. The minimum atomic E-state index is -0.120. The Hall–Kier alpha value is -1.84. The molecule has 0 saturated heterocycles. The van der Waals surface area contributed by atoms with E-state index >= 15 is 0 Å². The molecule has 0 aromatic heterocycles. The standard InChI is InChI=1S/C17H24N2O2/c1-2-3-4-5-6-7-12-17(21)19-13-16(20)18-14-10-8-9-11-15(14)19/h8-11H,2-7,12-13H2,1H3,(H,18,20). The molecule has 1 aliphatic heterocycles. The van der Waals surface area contributed by atoms with E-state index in [0.29, 0.717) is 6.42 Å². The molecule has 114 valence electrons. The lowest BCUT2D eigenvalue weighted by molar-refractivity contribution is -0.122. The van der Waals surface area contributed by atoms with Crippen molar-refractivity contribution in [1.29, 1.82) is 0 Å². The maximum atomic E-state index is 12.3. The van der Waals surface area contributed by atoms with E-state index in [2.05, 4.69) is 12.2 Å². The number of rotatable bonds is 7. The summed E-state index contributed by atoms with van der Waals surface area (Å²) in [5.41, 5.74) is 1.54. The highest BCUT2D eigenvalue weighted by atomic mass is 16.2. The Morgan fingerprint density at radius 2 is 1.86 bits per heavy atom. The summed E-state index contributed by atoms with van der Waals surface area (Å²) in [5.74, 6) is -0.0715. The van der Waals surface area contributed by atoms with E-state index in [4.69, 9.17) is 0 Å². The van der Waals surface area contributed by atoms with Crippen LogP contribution in [0.2, 0.25) is 0 Å². The number of hydrogen-bond donors (Lipinski definition) is 1. The van der Waals surface area contributed by atoms with Crippen LogP contribution in [0.3, 0.4) is 0 Å². The quantitative estimate of drug-likeness (QED) is 0.777. The summed E-state index contributed by atoms with van der Waals surface area (Å²) in [4.78, 5) is 25.6. The molecule has 1 N–H and O–H groups in total. The lowest BCUT2D eigenvalue weighted by atomic mass is 10.1. The van der Waals surface area contributed by atoms with Gasteiger partial charge in [0.1, 0.15) is 6.54 Å². The Bertz CT molecular complexity index is 499. The summed E-state index contributed by atoms with van der Waals surface area (Å²) in [5, 5.41) is 2.80. The van der Waals surface area contributed by atoms with Crippen molar-refractivity contribution in [3.63, 3.8) is 0 Å². The molecule has 1 heterocycles. The third kappa shape index (κ3) is 4.31. The molecule has 0 atom stereocenters. The number of benzene rings is 1. The van der Waals surface area contributed by atoms with Crippen LogP contribution in [0.25, 0.3) is 0 Å². The third-order valence-electron chi connectivity index (χ3n) is 3.82. The summed E-state index contributed by atoms with van der Waals surface area (Å²) in [6, 6.07) is 7.47. The van der Waals surface area contributed by atoms with Gasteiger partial charge in [0.05, 0.1) is 11.4 Å². The highest BCUT2D eigenvalue weighted by Gasteiger charge is 2.25. The van der Waals surface area contributed by atoms with E-state index in [1.807, 2.05) is 24.3 Å². The van der Waals surface area contributed by atoms with Gasteiger partial charge in [-0.25, -0.2) is 0 Å². The Balaban J connectivity index is 1.86. The van der Waals surface area contributed by atoms with E-state index < -0.39 is 0 Å². The summed E-state index contributed by atoms with van der Waals surface area (Å²) < 4.78 is 0. The molecule has 1 aliphatic rings. The maximum absolute atomic E-state index is 12.3. The average molecular weight is 288 g/mol. The van der Waals surface area contributed by atoms with Crippen LogP contribution >= 0.6 is 0 Å². The Morgan fingerprint density at radius 3 is 2.67 bits per heavy atom. The normalized spacial score (nSPS) is 13.8. The van der Waals surface area contributed by atoms with Gasteiger partial charge < -0.3 is 10.2 Å². The van der Waals surface area contributed by atoms with Gasteiger partial charge >= 0.3 is 0 Å². The van der Waals surface area contributed by atoms with Crippen molar-refractivity contribution in [2.75, 3.05) is 16.8 Å². The van der Waals surface area contributed by atoms with Crippen molar-refractivity contribution in [2.45, 2.75) is 51.9 Å². The van der Waals surface area contributed by atoms with Gasteiger partial charge in [-0.1, -0.05) is 51.2 Å². The second kappa shape index (κ2) is 7.81. The molecule has 0 fully saturated rings. The molecule has 0 unspecified atom stereocenters. The van der Waals surface area contributed by atoms with Crippen LogP contribution in [-0.4, -0.2) is 18.4 Å². The number of carbonyl (C=O) groups is 2. The molecule has 2 amide bonds. The number of hydrogen-bond acceptors (Lipinski definition) is 2. The molecule has 2 rings (SSSR count). The zero-order chi connectivity index (χ0) is 15.1. The fourth-order valence-corrected chi connectivity index (χ4v) is 2.65. The minimum Gasteiger partial charge on any atom is -0.323 e. The monoisotopic (exact) mass is 288 g/mol. The van der Waals surface area contributed by atoms with Crippen LogP contribution in [0.1, 0.15) is 51.9 Å². The second-order valence-corrected chi connectivity index (χ2v) is 5.56. The molecule has 1 aromatic rings. The Morgan fingerprint density at radius 1 is 1.14 bits per heavy atom. The fraction of sp³-hybridized carbons (Fsp3) is 0.529. The molecular weight excluding hydrogens is 264 g/mol. The van der Waals surface area contributed by atoms with E-state index in [0.717, 1.165) is 24.2 Å². The largest absolute Gasteiger partial charge is 0.323 e. The van der Waals surface area contributed by atoms with Crippen molar-refractivity contribution in [3.8, 4) is 0 Å². The lowest BCUT2D eigenvalue weighted by Gasteiger charge is -2.29. The molecule has 21 heavy (non-hydrogen) atoms. The first-order valence-electron chi connectivity index (χ1n) is 7.91. The smallest absolute Gasteiger partial charge is 0.244 e. The highest BCUT2D eigenvalue weighted by Crippen LogP contribution is 2.29. The van der Waals surface area contributed by atoms with E-state index in [1.165, 1.54) is 25.7 Å². The van der Waals surface area contributed by atoms with Crippen LogP contribution in [0, 0.1) is 0 Å². The van der Waals surface area contributed by atoms with Crippen LogP contribution in [0.4, 0.5) is 11.4 Å². The third-order valence-corrected chi connectivity index (χ3v) is 3.82. The summed E-state index contributed by atoms with van der Waals surface area (Å²) in [6.45, 7) is 2.33. The van der Waals surface area contributed by atoms with Gasteiger partial charge in [-0.15, -0.1) is 0 Å². The number of carbonyl (C=O) groups excluding carboxylic acids is 2. The molecule has 1 aromatic carbocycles. The van der Waals surface area contributed by atoms with Crippen molar-refractivity contribution in [3.05, 3.63) is 24.3 Å². The lowest BCUT2D eigenvalue weighted by Crippen LogP contribution is -2.42. The van der Waals surface area contributed by atoms with E-state index in [-0.39, 0.29) is 18.4 Å². The van der Waals surface area contributed by atoms with Crippen LogP contribution in [0.15, 0.2) is 24.3 Å². The maximum Gasteiger partial charge on any atom is 0.244 e. The van der Waals surface area contributed by atoms with Crippen LogP contribution in [0.5, 0.6) is 0 Å². The molecule has 0 saturated carbocycles. The summed E-state index contributed by atoms with van der Waals surface area (Å²) >= 11 is 0. The Labute approximate surface area is 126 Å². The van der Waals surface area contributed by atoms with Gasteiger partial charge in [0.2, 0.25) is 11.8 Å². The number of fused-ring (bicyclic) bond motifs is 1. The average Bonchev–Trinajstić information content (AvgIpc) is 2.49. The number of para-hydroxylation sites is 2. The van der Waals surface area contributed by atoms with Gasteiger partial charge in [0.25, 0.3) is 0 Å². The molecule has 0 spiro atoms. The summed E-state index contributed by atoms with van der Waals surface area (Å²) in [7, 11) is 0. The van der Waals surface area contributed by atoms with Gasteiger partial charge in [-0.05, 0) is 18.6 Å². The Kier molecular flexibility index (Phi) is 5.78. The fourth-order valence-electron chi connectivity index (χ4n) is 2.65. The van der Waals surface area contributed by atoms with Gasteiger partial charge in [0, 0.05) is 6.42 Å². The van der Waals surface area contributed by atoms with Gasteiger partial charge in [-0.2, -0.15) is 0 Å². The molecular formula is C17H24N2O2. The predicted molar refractivity (Wildman–Crippen MR) is 85.4 cm³/mol. The molecule has 4 heteroatoms. The second-order valence-electron chi connectivity index (χ2n) is 5.56. The van der Waals surface area contributed by atoms with Gasteiger partial charge in [0.15, 0.2) is 0 Å². The number of nitrogens with zero attached hydrogens (tertiary/aromatic N) is 1. The van der Waals surface area contributed by atoms with Crippen molar-refractivity contribution in [2.24, 2.45) is 0 Å². The van der Waals surface area contributed by atoms with E-state index in [9.17, 15) is 9.59 Å². The SMILES string of the molecule is CCCCCCCCC(=O)N1CC(=O)Nc2ccccc21. The van der Waals surface area contributed by atoms with E-state index in [1.54, 1.807) is 4.90 Å². The minimum absolute atomic E-state index is 0.0489. The first-order valence-corrected chi connectivity index (χ1v) is 7.91. The number of unbranched alkanes of at least 4 members (excludes halogenated alkanes) is 5. The molecule has 0 bridgehead atoms. The van der Waals surface area contributed by atoms with Gasteiger partial charge in [-0.3, -0.25) is 9.59 Å². The van der Waals surface area contributed by atoms with Crippen LogP contribution < -0.4 is 10.2 Å². The first kappa shape index (κ1) is 15.5. The molecule has 0 aliphatic carbocycles.